The Labute approximate surface area is 198 Å². The fraction of sp³-hybridized carbons (Fsp3) is 0.667. The van der Waals surface area contributed by atoms with Crippen LogP contribution in [0.2, 0.25) is 0 Å². The lowest BCUT2D eigenvalue weighted by atomic mass is 9.95. The number of hydrogen-bond donors (Lipinski definition) is 2. The summed E-state index contributed by atoms with van der Waals surface area (Å²) in [6, 6.07) is 5.38. The molecule has 10 heteroatoms. The van der Waals surface area contributed by atoms with Gasteiger partial charge in [-0.05, 0) is 24.6 Å². The van der Waals surface area contributed by atoms with Crippen LogP contribution in [-0.4, -0.2) is 78.9 Å². The Morgan fingerprint density at radius 1 is 1.13 bits per heavy atom. The maximum Gasteiger partial charge on any atom is 0.416 e. The van der Waals surface area contributed by atoms with Crippen molar-refractivity contribution in [1.29, 1.82) is 0 Å². The topological polar surface area (TPSA) is 60.3 Å². The molecule has 3 rings (SSSR count). The van der Waals surface area contributed by atoms with E-state index in [-0.39, 0.29) is 24.0 Å². The Balaban J connectivity index is 0.00000341. The van der Waals surface area contributed by atoms with Crippen molar-refractivity contribution in [2.75, 3.05) is 52.5 Å². The number of hydrogen-bond acceptors (Lipinski definition) is 4. The van der Waals surface area contributed by atoms with Gasteiger partial charge in [-0.2, -0.15) is 13.2 Å². The maximum atomic E-state index is 12.7. The average molecular weight is 556 g/mol. The molecule has 2 heterocycles. The number of nitrogens with one attached hydrogen (secondary N) is 1. The van der Waals surface area contributed by atoms with Crippen LogP contribution >= 0.6 is 24.0 Å². The second-order valence-corrected chi connectivity index (χ2v) is 7.96. The first-order valence-electron chi connectivity index (χ1n) is 10.5. The minimum atomic E-state index is -4.30. The quantitative estimate of drug-likeness (QED) is 0.332. The smallest absolute Gasteiger partial charge is 0.388 e. The highest BCUT2D eigenvalue weighted by Gasteiger charge is 2.31. The van der Waals surface area contributed by atoms with Crippen LogP contribution in [0.25, 0.3) is 0 Å². The first kappa shape index (κ1) is 26.1. The number of halogens is 4. The number of alkyl halides is 3. The monoisotopic (exact) mass is 556 g/mol. The molecule has 2 aliphatic rings. The first-order chi connectivity index (χ1) is 14.3. The molecule has 0 radical (unpaired) electrons. The van der Waals surface area contributed by atoms with Gasteiger partial charge in [-0.25, -0.2) is 0 Å². The molecular weight excluding hydrogens is 524 g/mol. The summed E-state index contributed by atoms with van der Waals surface area (Å²) in [7, 11) is 0. The zero-order valence-corrected chi connectivity index (χ0v) is 20.2. The molecule has 0 aromatic heterocycles. The summed E-state index contributed by atoms with van der Waals surface area (Å²) in [6.45, 7) is 7.99. The molecule has 2 N–H and O–H groups in total. The van der Waals surface area contributed by atoms with Gasteiger partial charge in [0.05, 0.1) is 17.7 Å². The normalized spacial score (nSPS) is 20.3. The molecule has 6 nitrogen and oxygen atoms in total. The van der Waals surface area contributed by atoms with Gasteiger partial charge >= 0.3 is 6.18 Å². The van der Waals surface area contributed by atoms with Crippen LogP contribution < -0.4 is 5.32 Å². The molecule has 0 bridgehead atoms. The van der Waals surface area contributed by atoms with Gasteiger partial charge in [0.2, 0.25) is 0 Å². The van der Waals surface area contributed by atoms with Gasteiger partial charge in [0.25, 0.3) is 0 Å². The van der Waals surface area contributed by atoms with E-state index in [4.69, 9.17) is 4.74 Å². The van der Waals surface area contributed by atoms with Crippen molar-refractivity contribution in [1.82, 2.24) is 15.1 Å². The maximum absolute atomic E-state index is 12.7. The lowest BCUT2D eigenvalue weighted by Crippen LogP contribution is -2.52. The molecule has 0 amide bonds. The van der Waals surface area contributed by atoms with Crippen molar-refractivity contribution in [2.24, 2.45) is 4.99 Å². The SMILES string of the molecule is CCNC(=NCC1(O)CCOCC1)N1CCN(Cc2ccc(C(F)(F)F)cc2)CC1.I. The lowest BCUT2D eigenvalue weighted by Gasteiger charge is -2.37. The van der Waals surface area contributed by atoms with Gasteiger partial charge in [-0.15, -0.1) is 24.0 Å². The van der Waals surface area contributed by atoms with Crippen LogP contribution in [0, 0.1) is 0 Å². The van der Waals surface area contributed by atoms with Gasteiger partial charge in [0.1, 0.15) is 0 Å². The summed E-state index contributed by atoms with van der Waals surface area (Å²) in [5.74, 6) is 0.798. The standard InChI is InChI=1S/C21H31F3N4O2.HI/c1-2-25-19(26-16-20(29)7-13-30-14-8-20)28-11-9-27(10-12-28)15-17-3-5-18(6-4-17)21(22,23)24;/h3-6,29H,2,7-16H2,1H3,(H,25,26);1H. The Kier molecular flexibility index (Phi) is 9.84. The molecule has 1 aromatic rings. The Morgan fingerprint density at radius 2 is 1.74 bits per heavy atom. The van der Waals surface area contributed by atoms with Crippen LogP contribution in [0.5, 0.6) is 0 Å². The Morgan fingerprint density at radius 3 is 2.29 bits per heavy atom. The molecule has 31 heavy (non-hydrogen) atoms. The summed E-state index contributed by atoms with van der Waals surface area (Å²) in [6.07, 6.45) is -3.11. The summed E-state index contributed by atoms with van der Waals surface area (Å²) >= 11 is 0. The number of rotatable bonds is 5. The predicted octanol–water partition coefficient (Wildman–Crippen LogP) is 2.95. The summed E-state index contributed by atoms with van der Waals surface area (Å²) < 4.78 is 43.5. The number of ether oxygens (including phenoxy) is 1. The molecule has 0 unspecified atom stereocenters. The molecule has 0 spiro atoms. The number of benzene rings is 1. The molecule has 0 atom stereocenters. The molecule has 1 aromatic carbocycles. The minimum Gasteiger partial charge on any atom is -0.388 e. The van der Waals surface area contributed by atoms with Crippen molar-refractivity contribution in [3.8, 4) is 0 Å². The second-order valence-electron chi connectivity index (χ2n) is 7.96. The van der Waals surface area contributed by atoms with Crippen LogP contribution in [0.1, 0.15) is 30.9 Å². The molecule has 2 fully saturated rings. The highest BCUT2D eigenvalue weighted by Crippen LogP contribution is 2.29. The van der Waals surface area contributed by atoms with Crippen LogP contribution in [0.15, 0.2) is 29.3 Å². The van der Waals surface area contributed by atoms with Gasteiger partial charge in [-0.1, -0.05) is 12.1 Å². The van der Waals surface area contributed by atoms with Crippen molar-refractivity contribution in [3.05, 3.63) is 35.4 Å². The van der Waals surface area contributed by atoms with Gasteiger partial charge in [0, 0.05) is 65.3 Å². The van der Waals surface area contributed by atoms with E-state index in [1.165, 1.54) is 0 Å². The van der Waals surface area contributed by atoms with Gasteiger partial charge in [-0.3, -0.25) is 9.89 Å². The zero-order chi connectivity index (χ0) is 21.6. The third-order valence-electron chi connectivity index (χ3n) is 5.64. The fourth-order valence-electron chi connectivity index (χ4n) is 3.73. The number of aliphatic hydroxyl groups is 1. The number of guanidine groups is 1. The zero-order valence-electron chi connectivity index (χ0n) is 17.8. The van der Waals surface area contributed by atoms with Crippen LogP contribution in [0.4, 0.5) is 13.2 Å². The molecule has 0 saturated carbocycles. The largest absolute Gasteiger partial charge is 0.416 e. The van der Waals surface area contributed by atoms with Crippen molar-refractivity contribution < 1.29 is 23.0 Å². The Bertz CT molecular complexity index is 702. The number of piperazine rings is 1. The third-order valence-corrected chi connectivity index (χ3v) is 5.64. The van der Waals surface area contributed by atoms with E-state index >= 15 is 0 Å². The molecule has 2 saturated heterocycles. The number of aliphatic imine (C=N–C) groups is 1. The number of nitrogens with zero attached hydrogens (tertiary/aromatic N) is 3. The Hall–Kier alpha value is -1.11. The molecule has 2 aliphatic heterocycles. The van der Waals surface area contributed by atoms with Gasteiger partial charge in [0.15, 0.2) is 5.96 Å². The van der Waals surface area contributed by atoms with E-state index in [0.717, 1.165) is 56.4 Å². The predicted molar refractivity (Wildman–Crippen MR) is 125 cm³/mol. The van der Waals surface area contributed by atoms with E-state index in [9.17, 15) is 18.3 Å². The van der Waals surface area contributed by atoms with Crippen molar-refractivity contribution in [3.63, 3.8) is 0 Å². The fourth-order valence-corrected chi connectivity index (χ4v) is 3.73. The van der Waals surface area contributed by atoms with Crippen molar-refractivity contribution in [2.45, 2.75) is 38.1 Å². The first-order valence-corrected chi connectivity index (χ1v) is 10.5. The highest BCUT2D eigenvalue weighted by atomic mass is 127. The van der Waals surface area contributed by atoms with Gasteiger partial charge < -0.3 is 20.1 Å². The summed E-state index contributed by atoms with van der Waals surface area (Å²) in [4.78, 5) is 9.08. The van der Waals surface area contributed by atoms with Crippen molar-refractivity contribution >= 4 is 29.9 Å². The highest BCUT2D eigenvalue weighted by molar-refractivity contribution is 14.0. The summed E-state index contributed by atoms with van der Waals surface area (Å²) in [5, 5.41) is 14.0. The van der Waals surface area contributed by atoms with E-state index in [2.05, 4.69) is 20.1 Å². The van der Waals surface area contributed by atoms with E-state index in [1.54, 1.807) is 12.1 Å². The van der Waals surface area contributed by atoms with E-state index in [1.807, 2.05) is 6.92 Å². The molecular formula is C21H32F3IN4O2. The average Bonchev–Trinajstić information content (AvgIpc) is 2.72. The van der Waals surface area contributed by atoms with E-state index < -0.39 is 17.3 Å². The lowest BCUT2D eigenvalue weighted by molar-refractivity contribution is -0.137. The van der Waals surface area contributed by atoms with E-state index in [0.29, 0.717) is 39.1 Å². The molecule has 0 aliphatic carbocycles. The summed E-state index contributed by atoms with van der Waals surface area (Å²) in [5.41, 5.74) is -0.545. The second kappa shape index (κ2) is 11.7. The minimum absolute atomic E-state index is 0. The van der Waals surface area contributed by atoms with Crippen LogP contribution in [-0.2, 0) is 17.5 Å². The molecule has 176 valence electrons. The van der Waals surface area contributed by atoms with Crippen LogP contribution in [0.3, 0.4) is 0 Å². The third kappa shape index (κ3) is 7.76.